The van der Waals surface area contributed by atoms with Crippen LogP contribution in [-0.4, -0.2) is 0 Å². The summed E-state index contributed by atoms with van der Waals surface area (Å²) in [5.74, 6) is 0.599. The molecule has 0 N–H and O–H groups in total. The Kier molecular flexibility index (Phi) is 4.32. The third kappa shape index (κ3) is 3.63. The molecule has 0 aromatic heterocycles. The van der Waals surface area contributed by atoms with Crippen molar-refractivity contribution in [2.75, 3.05) is 0 Å². The standard InChI is InChI=1S/C13H9BrCl2O/c14-10-3-1-9(2-4-10)8-17-13-7-11(15)5-6-12(13)16/h1-7H,8H2. The molecule has 1 nitrogen and oxygen atoms in total. The molecule has 0 heterocycles. The van der Waals surface area contributed by atoms with Crippen molar-refractivity contribution in [2.24, 2.45) is 0 Å². The highest BCUT2D eigenvalue weighted by Crippen LogP contribution is 2.28. The number of benzene rings is 2. The Morgan fingerprint density at radius 3 is 2.41 bits per heavy atom. The minimum absolute atomic E-state index is 0.466. The van der Waals surface area contributed by atoms with E-state index in [9.17, 15) is 0 Å². The van der Waals surface area contributed by atoms with Gasteiger partial charge in [-0.25, -0.2) is 0 Å². The van der Waals surface area contributed by atoms with Crippen molar-refractivity contribution in [3.8, 4) is 5.75 Å². The lowest BCUT2D eigenvalue weighted by Gasteiger charge is -2.08. The summed E-state index contributed by atoms with van der Waals surface area (Å²) in [5.41, 5.74) is 1.07. The van der Waals surface area contributed by atoms with Crippen LogP contribution < -0.4 is 4.74 Å². The quantitative estimate of drug-likeness (QED) is 0.738. The molecule has 0 fully saturated rings. The molecule has 0 spiro atoms. The third-order valence-electron chi connectivity index (χ3n) is 2.20. The average molecular weight is 332 g/mol. The maximum absolute atomic E-state index is 6.00. The van der Waals surface area contributed by atoms with E-state index in [0.29, 0.717) is 22.4 Å². The van der Waals surface area contributed by atoms with Gasteiger partial charge in [-0.2, -0.15) is 0 Å². The van der Waals surface area contributed by atoms with Crippen molar-refractivity contribution in [3.63, 3.8) is 0 Å². The van der Waals surface area contributed by atoms with Gasteiger partial charge in [-0.3, -0.25) is 0 Å². The summed E-state index contributed by atoms with van der Waals surface area (Å²) < 4.78 is 6.66. The predicted molar refractivity (Wildman–Crippen MR) is 74.9 cm³/mol. The molecule has 4 heteroatoms. The van der Waals surface area contributed by atoms with Crippen molar-refractivity contribution in [3.05, 3.63) is 62.5 Å². The van der Waals surface area contributed by atoms with E-state index in [2.05, 4.69) is 15.9 Å². The van der Waals surface area contributed by atoms with E-state index in [0.717, 1.165) is 10.0 Å². The second-order valence-electron chi connectivity index (χ2n) is 3.49. The van der Waals surface area contributed by atoms with Gasteiger partial charge in [0.25, 0.3) is 0 Å². The highest BCUT2D eigenvalue weighted by molar-refractivity contribution is 9.10. The van der Waals surface area contributed by atoms with Crippen LogP contribution in [0.25, 0.3) is 0 Å². The molecular weight excluding hydrogens is 323 g/mol. The number of ether oxygens (including phenoxy) is 1. The Morgan fingerprint density at radius 1 is 1.00 bits per heavy atom. The van der Waals surface area contributed by atoms with Crippen LogP contribution in [0.3, 0.4) is 0 Å². The highest BCUT2D eigenvalue weighted by atomic mass is 79.9. The van der Waals surface area contributed by atoms with Gasteiger partial charge >= 0.3 is 0 Å². The molecule has 17 heavy (non-hydrogen) atoms. The Bertz CT molecular complexity index is 511. The molecule has 2 aromatic rings. The zero-order chi connectivity index (χ0) is 12.3. The molecule has 0 saturated heterocycles. The molecule has 2 rings (SSSR count). The average Bonchev–Trinajstić information content (AvgIpc) is 2.32. The van der Waals surface area contributed by atoms with Gasteiger partial charge in [-0.1, -0.05) is 51.3 Å². The molecular formula is C13H9BrCl2O. The number of rotatable bonds is 3. The van der Waals surface area contributed by atoms with Crippen LogP contribution >= 0.6 is 39.1 Å². The molecule has 0 aliphatic heterocycles. The van der Waals surface area contributed by atoms with E-state index < -0.39 is 0 Å². The molecule has 0 aliphatic rings. The summed E-state index contributed by atoms with van der Waals surface area (Å²) in [7, 11) is 0. The first-order chi connectivity index (χ1) is 8.15. The summed E-state index contributed by atoms with van der Waals surface area (Å²) in [5, 5.41) is 1.17. The van der Waals surface area contributed by atoms with Gasteiger partial charge in [0.2, 0.25) is 0 Å². The predicted octanol–water partition coefficient (Wildman–Crippen LogP) is 5.33. The molecule has 0 aliphatic carbocycles. The van der Waals surface area contributed by atoms with Gasteiger partial charge in [-0.15, -0.1) is 0 Å². The Hall–Kier alpha value is -0.700. The highest BCUT2D eigenvalue weighted by Gasteiger charge is 2.03. The zero-order valence-corrected chi connectivity index (χ0v) is 11.9. The van der Waals surface area contributed by atoms with Crippen molar-refractivity contribution in [1.82, 2.24) is 0 Å². The van der Waals surface area contributed by atoms with Crippen molar-refractivity contribution >= 4 is 39.1 Å². The van der Waals surface area contributed by atoms with Crippen LogP contribution in [0.1, 0.15) is 5.56 Å². The lowest BCUT2D eigenvalue weighted by Crippen LogP contribution is -1.95. The molecule has 0 bridgehead atoms. The molecule has 2 aromatic carbocycles. The number of hydrogen-bond acceptors (Lipinski definition) is 1. The van der Waals surface area contributed by atoms with Gasteiger partial charge in [0, 0.05) is 15.6 Å². The minimum Gasteiger partial charge on any atom is -0.487 e. The molecule has 88 valence electrons. The fourth-order valence-electron chi connectivity index (χ4n) is 1.33. The van der Waals surface area contributed by atoms with Crippen LogP contribution in [-0.2, 0) is 6.61 Å². The summed E-state index contributed by atoms with van der Waals surface area (Å²) in [6, 6.07) is 13.1. The molecule has 0 unspecified atom stereocenters. The van der Waals surface area contributed by atoms with E-state index in [-0.39, 0.29) is 0 Å². The summed E-state index contributed by atoms with van der Waals surface area (Å²) in [6.45, 7) is 0.466. The van der Waals surface area contributed by atoms with Gasteiger partial charge in [0.15, 0.2) is 0 Å². The first-order valence-corrected chi connectivity index (χ1v) is 6.52. The zero-order valence-electron chi connectivity index (χ0n) is 8.79. The van der Waals surface area contributed by atoms with E-state index in [1.54, 1.807) is 18.2 Å². The van der Waals surface area contributed by atoms with Gasteiger partial charge in [0.1, 0.15) is 12.4 Å². The first-order valence-electron chi connectivity index (χ1n) is 4.97. The Balaban J connectivity index is 2.07. The molecule has 0 atom stereocenters. The van der Waals surface area contributed by atoms with Crippen molar-refractivity contribution < 1.29 is 4.74 Å². The van der Waals surface area contributed by atoms with E-state index in [4.69, 9.17) is 27.9 Å². The van der Waals surface area contributed by atoms with Crippen LogP contribution in [0, 0.1) is 0 Å². The second kappa shape index (κ2) is 5.76. The summed E-state index contributed by atoms with van der Waals surface area (Å²) in [6.07, 6.45) is 0. The third-order valence-corrected chi connectivity index (χ3v) is 3.28. The number of halogens is 3. The molecule has 0 radical (unpaired) electrons. The van der Waals surface area contributed by atoms with E-state index in [1.165, 1.54) is 0 Å². The normalized spacial score (nSPS) is 10.3. The van der Waals surface area contributed by atoms with Gasteiger partial charge < -0.3 is 4.74 Å². The fourth-order valence-corrected chi connectivity index (χ4v) is 1.93. The number of hydrogen-bond donors (Lipinski definition) is 0. The molecule has 0 saturated carbocycles. The summed E-state index contributed by atoms with van der Waals surface area (Å²) in [4.78, 5) is 0. The van der Waals surface area contributed by atoms with Crippen LogP contribution in [0.15, 0.2) is 46.9 Å². The van der Waals surface area contributed by atoms with E-state index >= 15 is 0 Å². The maximum atomic E-state index is 6.00. The van der Waals surface area contributed by atoms with Gasteiger partial charge in [-0.05, 0) is 29.8 Å². The first kappa shape index (κ1) is 12.7. The summed E-state index contributed by atoms with van der Waals surface area (Å²) >= 11 is 15.3. The van der Waals surface area contributed by atoms with Gasteiger partial charge in [0.05, 0.1) is 5.02 Å². The van der Waals surface area contributed by atoms with E-state index in [1.807, 2.05) is 24.3 Å². The lowest BCUT2D eigenvalue weighted by atomic mass is 10.2. The topological polar surface area (TPSA) is 9.23 Å². The lowest BCUT2D eigenvalue weighted by molar-refractivity contribution is 0.306. The minimum atomic E-state index is 0.466. The fraction of sp³-hybridized carbons (Fsp3) is 0.0769. The smallest absolute Gasteiger partial charge is 0.139 e. The second-order valence-corrected chi connectivity index (χ2v) is 5.25. The van der Waals surface area contributed by atoms with Crippen molar-refractivity contribution in [1.29, 1.82) is 0 Å². The Morgan fingerprint density at radius 2 is 1.71 bits per heavy atom. The van der Waals surface area contributed by atoms with Crippen LogP contribution in [0.5, 0.6) is 5.75 Å². The maximum Gasteiger partial charge on any atom is 0.139 e. The van der Waals surface area contributed by atoms with Crippen LogP contribution in [0.2, 0.25) is 10.0 Å². The molecule has 0 amide bonds. The van der Waals surface area contributed by atoms with Crippen molar-refractivity contribution in [2.45, 2.75) is 6.61 Å². The monoisotopic (exact) mass is 330 g/mol. The largest absolute Gasteiger partial charge is 0.487 e. The SMILES string of the molecule is Clc1ccc(Cl)c(OCc2ccc(Br)cc2)c1. The Labute approximate surface area is 118 Å². The van der Waals surface area contributed by atoms with Crippen LogP contribution in [0.4, 0.5) is 0 Å².